The molecule has 0 saturated carbocycles. The molecular formula is C67H46N2. The monoisotopic (exact) mass is 878 g/mol. The van der Waals surface area contributed by atoms with E-state index in [0.29, 0.717) is 5.82 Å². The Hall–Kier alpha value is -8.46. The van der Waals surface area contributed by atoms with E-state index >= 15 is 0 Å². The molecular weight excluding hydrogens is 833 g/mol. The van der Waals surface area contributed by atoms with E-state index in [-0.39, 0.29) is 5.41 Å². The molecule has 0 atom stereocenters. The predicted molar refractivity (Wildman–Crippen MR) is 288 cm³/mol. The highest BCUT2D eigenvalue weighted by Crippen LogP contribution is 2.63. The van der Waals surface area contributed by atoms with Crippen LogP contribution in [0.4, 0.5) is 0 Å². The van der Waals surface area contributed by atoms with E-state index in [1.165, 1.54) is 99.1 Å². The van der Waals surface area contributed by atoms with Crippen LogP contribution < -0.4 is 0 Å². The molecule has 0 N–H and O–H groups in total. The number of benzene rings is 11. The molecule has 11 aromatic carbocycles. The molecule has 0 radical (unpaired) electrons. The van der Waals surface area contributed by atoms with Crippen molar-refractivity contribution in [3.63, 3.8) is 0 Å². The van der Waals surface area contributed by atoms with Crippen LogP contribution >= 0.6 is 0 Å². The maximum Gasteiger partial charge on any atom is 0.160 e. The van der Waals surface area contributed by atoms with Crippen molar-refractivity contribution in [2.24, 2.45) is 0 Å². The van der Waals surface area contributed by atoms with Crippen molar-refractivity contribution in [3.05, 3.63) is 252 Å². The highest BCUT2D eigenvalue weighted by molar-refractivity contribution is 6.24. The van der Waals surface area contributed by atoms with Gasteiger partial charge < -0.3 is 0 Å². The van der Waals surface area contributed by atoms with Gasteiger partial charge in [-0.25, -0.2) is 9.97 Å². The summed E-state index contributed by atoms with van der Waals surface area (Å²) in [5.41, 5.74) is 21.2. The van der Waals surface area contributed by atoms with E-state index in [1.54, 1.807) is 0 Å². The highest BCUT2D eigenvalue weighted by Gasteiger charge is 2.51. The molecule has 2 heteroatoms. The predicted octanol–water partition coefficient (Wildman–Crippen LogP) is 17.3. The number of fused-ring (bicyclic) bond motifs is 10. The molecule has 12 aromatic rings. The first-order valence-corrected chi connectivity index (χ1v) is 24.1. The van der Waals surface area contributed by atoms with E-state index in [0.717, 1.165) is 33.6 Å². The number of aromatic nitrogens is 2. The maximum absolute atomic E-state index is 5.13. The summed E-state index contributed by atoms with van der Waals surface area (Å²) < 4.78 is 0. The Balaban J connectivity index is 0.905. The summed E-state index contributed by atoms with van der Waals surface area (Å²) in [7, 11) is 0. The zero-order valence-corrected chi connectivity index (χ0v) is 38.8. The standard InChI is InChI=1S/C67H46N2/c1-66(2,3)52-36-49-28-26-47-34-51(35-48-27-29-50(37-52)64(49)63(47)48)46-31-33-56-55-32-30-45(38-59(55)67(60(56)39-46)57-20-12-10-18-53(57)54-19-11-13-21-58(54)67)41-22-24-43(25-23-41)62-40-61(42-14-6-4-7-15-42)68-65(69-62)44-16-8-5-9-17-44/h4-40H,1-3H3. The lowest BCUT2D eigenvalue weighted by molar-refractivity contribution is 0.591. The molecule has 2 aliphatic carbocycles. The average molecular weight is 879 g/mol. The van der Waals surface area contributed by atoms with Crippen LogP contribution in [0.1, 0.15) is 48.6 Å². The van der Waals surface area contributed by atoms with Crippen molar-refractivity contribution in [3.8, 4) is 78.4 Å². The minimum absolute atomic E-state index is 0.0802. The highest BCUT2D eigenvalue weighted by atomic mass is 14.9. The lowest BCUT2D eigenvalue weighted by Gasteiger charge is -2.31. The summed E-state index contributed by atoms with van der Waals surface area (Å²) in [6.07, 6.45) is 0. The molecule has 2 aliphatic rings. The van der Waals surface area contributed by atoms with Gasteiger partial charge in [-0.15, -0.1) is 0 Å². The van der Waals surface area contributed by atoms with Gasteiger partial charge in [0.15, 0.2) is 5.82 Å². The molecule has 0 aliphatic heterocycles. The molecule has 0 unspecified atom stereocenters. The van der Waals surface area contributed by atoms with Crippen molar-refractivity contribution in [1.82, 2.24) is 9.97 Å². The van der Waals surface area contributed by atoms with Crippen molar-refractivity contribution < 1.29 is 0 Å². The van der Waals surface area contributed by atoms with Crippen LogP contribution in [0.2, 0.25) is 0 Å². The molecule has 324 valence electrons. The Kier molecular flexibility index (Phi) is 8.49. The molecule has 1 aromatic heterocycles. The van der Waals surface area contributed by atoms with Crippen molar-refractivity contribution in [1.29, 1.82) is 0 Å². The smallest absolute Gasteiger partial charge is 0.160 e. The van der Waals surface area contributed by atoms with Gasteiger partial charge in [0.1, 0.15) is 0 Å². The Morgan fingerprint density at radius 1 is 0.304 bits per heavy atom. The summed E-state index contributed by atoms with van der Waals surface area (Å²) >= 11 is 0. The summed E-state index contributed by atoms with van der Waals surface area (Å²) in [5.74, 6) is 0.716. The largest absolute Gasteiger partial charge is 0.228 e. The van der Waals surface area contributed by atoms with Gasteiger partial charge in [-0.05, 0) is 140 Å². The van der Waals surface area contributed by atoms with Crippen LogP contribution in [-0.2, 0) is 10.8 Å². The summed E-state index contributed by atoms with van der Waals surface area (Å²) in [4.78, 5) is 10.2. The van der Waals surface area contributed by atoms with Crippen LogP contribution in [0.5, 0.6) is 0 Å². The Morgan fingerprint density at radius 2 is 0.710 bits per heavy atom. The second-order valence-corrected chi connectivity index (χ2v) is 20.1. The van der Waals surface area contributed by atoms with Gasteiger partial charge in [0, 0.05) is 16.7 Å². The van der Waals surface area contributed by atoms with Gasteiger partial charge in [-0.1, -0.05) is 215 Å². The third-order valence-electron chi connectivity index (χ3n) is 15.2. The second kappa shape index (κ2) is 14.8. The van der Waals surface area contributed by atoms with Crippen LogP contribution in [0.25, 0.3) is 111 Å². The Labute approximate surface area is 402 Å². The lowest BCUT2D eigenvalue weighted by Crippen LogP contribution is -2.26. The normalized spacial score (nSPS) is 13.3. The molecule has 2 nitrogen and oxygen atoms in total. The lowest BCUT2D eigenvalue weighted by atomic mass is 9.70. The fourth-order valence-electron chi connectivity index (χ4n) is 11.8. The van der Waals surface area contributed by atoms with E-state index in [1.807, 2.05) is 24.3 Å². The molecule has 0 amide bonds. The Morgan fingerprint density at radius 3 is 1.23 bits per heavy atom. The second-order valence-electron chi connectivity index (χ2n) is 20.1. The Bertz CT molecular complexity index is 3860. The van der Waals surface area contributed by atoms with Gasteiger partial charge in [0.05, 0.1) is 16.8 Å². The molecule has 69 heavy (non-hydrogen) atoms. The van der Waals surface area contributed by atoms with Gasteiger partial charge in [-0.3, -0.25) is 0 Å². The van der Waals surface area contributed by atoms with Gasteiger partial charge in [-0.2, -0.15) is 0 Å². The topological polar surface area (TPSA) is 25.8 Å². The molecule has 0 fully saturated rings. The first-order chi connectivity index (χ1) is 33.8. The molecule has 1 heterocycles. The number of hydrogen-bond donors (Lipinski definition) is 0. The third-order valence-corrected chi connectivity index (χ3v) is 15.2. The van der Waals surface area contributed by atoms with E-state index in [2.05, 4.69) is 221 Å². The number of hydrogen-bond acceptors (Lipinski definition) is 2. The number of rotatable bonds is 5. The van der Waals surface area contributed by atoms with Crippen molar-refractivity contribution in [2.45, 2.75) is 31.6 Å². The molecule has 14 rings (SSSR count). The van der Waals surface area contributed by atoms with Gasteiger partial charge >= 0.3 is 0 Å². The van der Waals surface area contributed by atoms with Crippen molar-refractivity contribution >= 4 is 32.3 Å². The minimum atomic E-state index is -0.493. The number of nitrogens with zero attached hydrogens (tertiary/aromatic N) is 2. The van der Waals surface area contributed by atoms with E-state index in [9.17, 15) is 0 Å². The van der Waals surface area contributed by atoms with Gasteiger partial charge in [0.25, 0.3) is 0 Å². The first-order valence-electron chi connectivity index (χ1n) is 24.1. The summed E-state index contributed by atoms with van der Waals surface area (Å²) in [6.45, 7) is 6.91. The fourth-order valence-corrected chi connectivity index (χ4v) is 11.8. The fraction of sp³-hybridized carbons (Fsp3) is 0.0746. The SMILES string of the molecule is CC(C)(C)c1cc2ccc3cc(-c4ccc5c(c4)C4(c6ccccc6-c6ccccc64)c4cc(-c6ccc(-c7cc(-c8ccccc8)nc(-c8ccccc8)n7)cc6)ccc4-5)cc4ccc(c1)c2c34. The first kappa shape index (κ1) is 39.7. The minimum Gasteiger partial charge on any atom is -0.228 e. The zero-order chi connectivity index (χ0) is 46.0. The summed E-state index contributed by atoms with van der Waals surface area (Å²) in [6, 6.07) is 83.3. The quantitative estimate of drug-likeness (QED) is 0.161. The summed E-state index contributed by atoms with van der Waals surface area (Å²) in [5, 5.41) is 7.90. The van der Waals surface area contributed by atoms with Crippen LogP contribution in [0, 0.1) is 0 Å². The average Bonchev–Trinajstić information content (AvgIpc) is 3.87. The van der Waals surface area contributed by atoms with Crippen LogP contribution in [-0.4, -0.2) is 9.97 Å². The molecule has 1 spiro atoms. The molecule has 0 saturated heterocycles. The maximum atomic E-state index is 5.13. The molecule has 0 bridgehead atoms. The van der Waals surface area contributed by atoms with E-state index < -0.39 is 5.41 Å². The van der Waals surface area contributed by atoms with Crippen LogP contribution in [0.15, 0.2) is 224 Å². The van der Waals surface area contributed by atoms with E-state index in [4.69, 9.17) is 9.97 Å². The van der Waals surface area contributed by atoms with Crippen LogP contribution in [0.3, 0.4) is 0 Å². The van der Waals surface area contributed by atoms with Crippen molar-refractivity contribution in [2.75, 3.05) is 0 Å². The third kappa shape index (κ3) is 5.98. The van der Waals surface area contributed by atoms with Gasteiger partial charge in [0.2, 0.25) is 0 Å². The zero-order valence-electron chi connectivity index (χ0n) is 38.8.